The number of aliphatic imine (C=N–C) groups is 1. The molecular weight excluding hydrogens is 373 g/mol. The normalized spacial score (nSPS) is 28.4. The average molecular weight is 401 g/mol. The van der Waals surface area contributed by atoms with Crippen LogP contribution in [0.4, 0.5) is 0 Å². The number of ether oxygens (including phenoxy) is 1. The van der Waals surface area contributed by atoms with Gasteiger partial charge in [-0.2, -0.15) is 0 Å². The molecule has 3 heterocycles. The summed E-state index contributed by atoms with van der Waals surface area (Å²) in [6, 6.07) is 22.1. The molecule has 3 heteroatoms. The lowest BCUT2D eigenvalue weighted by Gasteiger charge is -2.31. The van der Waals surface area contributed by atoms with Crippen molar-refractivity contribution in [3.05, 3.63) is 82.7 Å². The fourth-order valence-electron chi connectivity index (χ4n) is 4.94. The van der Waals surface area contributed by atoms with Crippen molar-refractivity contribution in [2.24, 2.45) is 16.3 Å². The lowest BCUT2D eigenvalue weighted by Crippen LogP contribution is -2.20. The molecule has 0 fully saturated rings. The van der Waals surface area contributed by atoms with Gasteiger partial charge in [0.15, 0.2) is 0 Å². The molecule has 2 bridgehead atoms. The van der Waals surface area contributed by atoms with Crippen LogP contribution in [0.15, 0.2) is 76.5 Å². The summed E-state index contributed by atoms with van der Waals surface area (Å²) in [5.74, 6) is 1.42. The van der Waals surface area contributed by atoms with Gasteiger partial charge in [-0.1, -0.05) is 87.0 Å². The van der Waals surface area contributed by atoms with Crippen molar-refractivity contribution in [3.63, 3.8) is 0 Å². The number of fused-ring (bicyclic) bond motifs is 2. The quantitative estimate of drug-likeness (QED) is 0.517. The Morgan fingerprint density at radius 1 is 0.966 bits per heavy atom. The predicted octanol–water partition coefficient (Wildman–Crippen LogP) is 6.80. The van der Waals surface area contributed by atoms with Crippen LogP contribution in [0.3, 0.4) is 0 Å². The van der Waals surface area contributed by atoms with Crippen LogP contribution >= 0.6 is 7.92 Å². The van der Waals surface area contributed by atoms with Crippen molar-refractivity contribution < 1.29 is 4.74 Å². The zero-order chi connectivity index (χ0) is 20.2. The maximum Gasteiger partial charge on any atom is 0.217 e. The minimum Gasteiger partial charge on any atom is -0.475 e. The van der Waals surface area contributed by atoms with E-state index in [-0.39, 0.29) is 11.5 Å². The number of nitrogens with zero attached hydrogens (tertiary/aromatic N) is 1. The molecule has 3 aliphatic rings. The van der Waals surface area contributed by atoms with Gasteiger partial charge in [0, 0.05) is 10.7 Å². The molecule has 2 nitrogen and oxygen atoms in total. The third-order valence-corrected chi connectivity index (χ3v) is 9.78. The molecule has 3 aliphatic heterocycles. The van der Waals surface area contributed by atoms with Crippen LogP contribution < -0.4 is 0 Å². The minimum atomic E-state index is -0.469. The van der Waals surface area contributed by atoms with E-state index in [0.29, 0.717) is 12.5 Å². The van der Waals surface area contributed by atoms with Crippen molar-refractivity contribution in [1.82, 2.24) is 0 Å². The fraction of sp³-hybridized carbons (Fsp3) is 0.346. The number of hydrogen-bond donors (Lipinski definition) is 0. The van der Waals surface area contributed by atoms with Gasteiger partial charge < -0.3 is 4.74 Å². The second-order valence-electron chi connectivity index (χ2n) is 8.90. The average Bonchev–Trinajstić information content (AvgIpc) is 3.39. The van der Waals surface area contributed by atoms with Crippen LogP contribution in [0.25, 0.3) is 10.9 Å². The second-order valence-corrected chi connectivity index (χ2v) is 11.0. The zero-order valence-electron chi connectivity index (χ0n) is 17.6. The Morgan fingerprint density at radius 3 is 2.17 bits per heavy atom. The number of allylic oxidation sites excluding steroid dienone is 2. The highest BCUT2D eigenvalue weighted by atomic mass is 31.1. The predicted molar refractivity (Wildman–Crippen MR) is 124 cm³/mol. The zero-order valence-corrected chi connectivity index (χ0v) is 18.5. The van der Waals surface area contributed by atoms with Gasteiger partial charge in [-0.25, -0.2) is 4.99 Å². The lowest BCUT2D eigenvalue weighted by atomic mass is 9.74. The van der Waals surface area contributed by atoms with Gasteiger partial charge in [-0.05, 0) is 48.9 Å². The van der Waals surface area contributed by atoms with Crippen LogP contribution in [0.1, 0.15) is 38.8 Å². The molecule has 2 aromatic rings. The first kappa shape index (κ1) is 18.8. The van der Waals surface area contributed by atoms with Crippen LogP contribution in [-0.2, 0) is 4.74 Å². The highest BCUT2D eigenvalue weighted by Crippen LogP contribution is 2.78. The molecular formula is C26H28NOP. The van der Waals surface area contributed by atoms with E-state index in [0.717, 1.165) is 5.90 Å². The highest BCUT2D eigenvalue weighted by Gasteiger charge is 2.54. The Kier molecular flexibility index (Phi) is 4.51. The van der Waals surface area contributed by atoms with Gasteiger partial charge >= 0.3 is 0 Å². The van der Waals surface area contributed by atoms with Crippen LogP contribution in [0.2, 0.25) is 0 Å². The van der Waals surface area contributed by atoms with E-state index in [1.54, 1.807) is 0 Å². The van der Waals surface area contributed by atoms with E-state index in [1.807, 2.05) is 0 Å². The molecule has 0 radical (unpaired) electrons. The third-order valence-electron chi connectivity index (χ3n) is 6.74. The summed E-state index contributed by atoms with van der Waals surface area (Å²) >= 11 is 0. The van der Waals surface area contributed by atoms with Gasteiger partial charge in [0.2, 0.25) is 5.90 Å². The summed E-state index contributed by atoms with van der Waals surface area (Å²) in [7, 11) is -0.469. The number of benzene rings is 2. The summed E-state index contributed by atoms with van der Waals surface area (Å²) in [4.78, 5) is 5.08. The lowest BCUT2D eigenvalue weighted by molar-refractivity contribution is 0.292. The molecule has 0 amide bonds. The summed E-state index contributed by atoms with van der Waals surface area (Å²) in [6.45, 7) is 9.96. The number of rotatable bonds is 4. The maximum atomic E-state index is 6.27. The highest BCUT2D eigenvalue weighted by molar-refractivity contribution is 7.75. The number of hydrogen-bond acceptors (Lipinski definition) is 2. The first-order chi connectivity index (χ1) is 14.0. The molecule has 0 saturated heterocycles. The first-order valence-electron chi connectivity index (χ1n) is 10.6. The van der Waals surface area contributed by atoms with E-state index in [9.17, 15) is 0 Å². The Balaban J connectivity index is 1.70. The molecule has 148 valence electrons. The van der Waals surface area contributed by atoms with Crippen LogP contribution in [-0.4, -0.2) is 24.7 Å². The fourth-order valence-corrected chi connectivity index (χ4v) is 8.62. The van der Waals surface area contributed by atoms with Crippen molar-refractivity contribution in [2.75, 3.05) is 12.8 Å². The molecule has 0 aliphatic carbocycles. The van der Waals surface area contributed by atoms with Crippen molar-refractivity contribution in [2.45, 2.75) is 33.7 Å². The smallest absolute Gasteiger partial charge is 0.217 e. The summed E-state index contributed by atoms with van der Waals surface area (Å²) in [5, 5.41) is 2.93. The summed E-state index contributed by atoms with van der Waals surface area (Å²) < 4.78 is 6.27. The van der Waals surface area contributed by atoms with Crippen molar-refractivity contribution in [1.29, 1.82) is 0 Å². The maximum absolute atomic E-state index is 6.27. The van der Waals surface area contributed by atoms with Gasteiger partial charge in [-0.15, -0.1) is 0 Å². The van der Waals surface area contributed by atoms with Gasteiger partial charge in [0.05, 0.1) is 6.04 Å². The SMILES string of the molecule is CC1=C(c2ccccc2)P2C[C@@]1(C)C(c1ccccc1)=C2C1=N[C@@H](C(C)C)CO1. The Labute approximate surface area is 175 Å². The monoisotopic (exact) mass is 401 g/mol. The third kappa shape index (κ3) is 2.84. The minimum absolute atomic E-state index is 0.0510. The largest absolute Gasteiger partial charge is 0.475 e. The molecule has 0 spiro atoms. The first-order valence-corrected chi connectivity index (χ1v) is 12.1. The van der Waals surface area contributed by atoms with Gasteiger partial charge in [0.25, 0.3) is 0 Å². The Hall–Kier alpha value is -2.18. The van der Waals surface area contributed by atoms with E-state index < -0.39 is 7.92 Å². The Bertz CT molecular complexity index is 1030. The molecule has 3 atom stereocenters. The van der Waals surface area contributed by atoms with E-state index >= 15 is 0 Å². The Morgan fingerprint density at radius 2 is 1.59 bits per heavy atom. The molecule has 5 rings (SSSR count). The van der Waals surface area contributed by atoms with Crippen LogP contribution in [0, 0.1) is 11.3 Å². The van der Waals surface area contributed by atoms with E-state index in [2.05, 4.69) is 88.4 Å². The standard InChI is InChI=1S/C26H28NOP/c1-17(2)21-15-28-25(27-21)24-22(19-11-7-5-8-12-19)26(4)16-29(24)23(18(26)3)20-13-9-6-10-14-20/h5-14,17,21H,15-16H2,1-4H3/t21-,26-,29?/m1/s1. The van der Waals surface area contributed by atoms with Crippen molar-refractivity contribution in [3.8, 4) is 0 Å². The molecule has 29 heavy (non-hydrogen) atoms. The molecule has 0 N–H and O–H groups in total. The molecule has 0 saturated carbocycles. The van der Waals surface area contributed by atoms with E-state index in [1.165, 1.54) is 39.1 Å². The molecule has 2 aromatic carbocycles. The summed E-state index contributed by atoms with van der Waals surface area (Å²) in [5.41, 5.74) is 5.71. The second kappa shape index (κ2) is 6.96. The van der Waals surface area contributed by atoms with E-state index in [4.69, 9.17) is 9.73 Å². The van der Waals surface area contributed by atoms with Gasteiger partial charge in [-0.3, -0.25) is 0 Å². The molecule has 0 aromatic heterocycles. The van der Waals surface area contributed by atoms with Crippen LogP contribution in [0.5, 0.6) is 0 Å². The van der Waals surface area contributed by atoms with Gasteiger partial charge in [0.1, 0.15) is 6.61 Å². The summed E-state index contributed by atoms with van der Waals surface area (Å²) in [6.07, 6.45) is 1.17. The van der Waals surface area contributed by atoms with Crippen molar-refractivity contribution >= 4 is 24.7 Å². The molecule has 1 unspecified atom stereocenters. The topological polar surface area (TPSA) is 21.6 Å².